The molecule has 0 aromatic rings. The minimum absolute atomic E-state index is 0.00347. The van der Waals surface area contributed by atoms with E-state index in [0.29, 0.717) is 12.5 Å². The van der Waals surface area contributed by atoms with Gasteiger partial charge in [-0.1, -0.05) is 19.3 Å². The van der Waals surface area contributed by atoms with Crippen LogP contribution in [0.2, 0.25) is 0 Å². The van der Waals surface area contributed by atoms with Gasteiger partial charge in [-0.3, -0.25) is 4.79 Å². The molecule has 1 atom stereocenters. The Hall–Kier alpha value is -0.610. The Morgan fingerprint density at radius 2 is 2.07 bits per heavy atom. The Morgan fingerprint density at radius 3 is 2.64 bits per heavy atom. The molecular formula is C10H20N2O2. The molecule has 1 amide bonds. The number of aliphatic hydroxyl groups excluding tert-OH is 1. The summed E-state index contributed by atoms with van der Waals surface area (Å²) < 4.78 is 0. The van der Waals surface area contributed by atoms with Crippen LogP contribution in [0.25, 0.3) is 0 Å². The Balaban J connectivity index is 2.15. The monoisotopic (exact) mass is 200 g/mol. The van der Waals surface area contributed by atoms with Crippen molar-refractivity contribution in [2.24, 2.45) is 11.7 Å². The molecule has 0 saturated heterocycles. The predicted molar refractivity (Wildman–Crippen MR) is 54.6 cm³/mol. The van der Waals surface area contributed by atoms with Crippen molar-refractivity contribution in [3.8, 4) is 0 Å². The zero-order valence-electron chi connectivity index (χ0n) is 8.54. The van der Waals surface area contributed by atoms with E-state index in [2.05, 4.69) is 5.32 Å². The molecule has 1 fully saturated rings. The third-order valence-corrected chi connectivity index (χ3v) is 2.82. The van der Waals surface area contributed by atoms with Gasteiger partial charge in [-0.25, -0.2) is 0 Å². The van der Waals surface area contributed by atoms with E-state index in [0.717, 1.165) is 0 Å². The third kappa shape index (κ3) is 3.64. The maximum atomic E-state index is 11.2. The molecule has 0 spiro atoms. The number of rotatable bonds is 4. The number of carbonyl (C=O) groups excluding carboxylic acids is 1. The van der Waals surface area contributed by atoms with Gasteiger partial charge in [0.05, 0.1) is 0 Å². The Kier molecular flexibility index (Phi) is 4.90. The van der Waals surface area contributed by atoms with E-state index < -0.39 is 6.10 Å². The number of hydrogen-bond donors (Lipinski definition) is 3. The van der Waals surface area contributed by atoms with E-state index in [-0.39, 0.29) is 12.5 Å². The molecule has 0 aromatic carbocycles. The molecule has 82 valence electrons. The van der Waals surface area contributed by atoms with E-state index >= 15 is 0 Å². The zero-order valence-corrected chi connectivity index (χ0v) is 8.54. The number of nitrogens with one attached hydrogen (secondary N) is 1. The molecule has 1 unspecified atom stereocenters. The van der Waals surface area contributed by atoms with Gasteiger partial charge in [0.2, 0.25) is 5.91 Å². The first-order valence-electron chi connectivity index (χ1n) is 5.40. The molecule has 0 heterocycles. The average molecular weight is 200 g/mol. The summed E-state index contributed by atoms with van der Waals surface area (Å²) in [5.74, 6) is 0.260. The van der Waals surface area contributed by atoms with E-state index in [1.54, 1.807) is 0 Å². The predicted octanol–water partition coefficient (Wildman–Crippen LogP) is 0.00250. The van der Waals surface area contributed by atoms with Crippen molar-refractivity contribution in [2.45, 2.75) is 38.2 Å². The van der Waals surface area contributed by atoms with Crippen molar-refractivity contribution in [2.75, 3.05) is 13.1 Å². The number of amides is 1. The van der Waals surface area contributed by atoms with E-state index in [4.69, 9.17) is 10.8 Å². The number of aliphatic hydroxyl groups is 1. The zero-order chi connectivity index (χ0) is 10.4. The summed E-state index contributed by atoms with van der Waals surface area (Å²) in [5.41, 5.74) is 5.17. The van der Waals surface area contributed by atoms with Gasteiger partial charge in [-0.2, -0.15) is 0 Å². The lowest BCUT2D eigenvalue weighted by Gasteiger charge is -2.22. The Bertz CT molecular complexity index is 179. The fourth-order valence-electron chi connectivity index (χ4n) is 1.86. The van der Waals surface area contributed by atoms with Crippen LogP contribution in [-0.4, -0.2) is 30.2 Å². The first-order chi connectivity index (χ1) is 6.74. The molecule has 0 bridgehead atoms. The molecule has 14 heavy (non-hydrogen) atoms. The van der Waals surface area contributed by atoms with Gasteiger partial charge >= 0.3 is 0 Å². The molecule has 1 saturated carbocycles. The second kappa shape index (κ2) is 5.98. The van der Waals surface area contributed by atoms with Crippen molar-refractivity contribution >= 4 is 5.91 Å². The highest BCUT2D eigenvalue weighted by molar-refractivity contribution is 5.80. The molecule has 1 rings (SSSR count). The van der Waals surface area contributed by atoms with Crippen LogP contribution in [0.3, 0.4) is 0 Å². The molecule has 1 aliphatic rings. The van der Waals surface area contributed by atoms with Crippen LogP contribution >= 0.6 is 0 Å². The van der Waals surface area contributed by atoms with Crippen LogP contribution in [0.4, 0.5) is 0 Å². The van der Waals surface area contributed by atoms with Crippen molar-refractivity contribution in [3.05, 3.63) is 0 Å². The summed E-state index contributed by atoms with van der Waals surface area (Å²) in [6.07, 6.45) is 5.19. The minimum atomic E-state index is -1.04. The highest BCUT2D eigenvalue weighted by atomic mass is 16.3. The van der Waals surface area contributed by atoms with Gasteiger partial charge in [0, 0.05) is 13.1 Å². The summed E-state index contributed by atoms with van der Waals surface area (Å²) in [6.45, 7) is 0.687. The minimum Gasteiger partial charge on any atom is -0.382 e. The summed E-state index contributed by atoms with van der Waals surface area (Å²) in [5, 5.41) is 11.9. The number of carbonyl (C=O) groups is 1. The first kappa shape index (κ1) is 11.5. The smallest absolute Gasteiger partial charge is 0.250 e. The van der Waals surface area contributed by atoms with Gasteiger partial charge < -0.3 is 16.2 Å². The SMILES string of the molecule is NCC(O)C(=O)NCC1CCCCC1. The van der Waals surface area contributed by atoms with E-state index in [1.165, 1.54) is 32.1 Å². The van der Waals surface area contributed by atoms with Crippen LogP contribution in [0.5, 0.6) is 0 Å². The highest BCUT2D eigenvalue weighted by Crippen LogP contribution is 2.22. The van der Waals surface area contributed by atoms with Crippen LogP contribution in [0.15, 0.2) is 0 Å². The Morgan fingerprint density at radius 1 is 1.43 bits per heavy atom. The van der Waals surface area contributed by atoms with E-state index in [1.807, 2.05) is 0 Å². The summed E-state index contributed by atoms with van der Waals surface area (Å²) in [6, 6.07) is 0. The van der Waals surface area contributed by atoms with Crippen molar-refractivity contribution in [1.29, 1.82) is 0 Å². The maximum Gasteiger partial charge on any atom is 0.250 e. The lowest BCUT2D eigenvalue weighted by molar-refractivity contribution is -0.129. The fraction of sp³-hybridized carbons (Fsp3) is 0.900. The van der Waals surface area contributed by atoms with E-state index in [9.17, 15) is 4.79 Å². The fourth-order valence-corrected chi connectivity index (χ4v) is 1.86. The van der Waals surface area contributed by atoms with Gasteiger partial charge in [-0.05, 0) is 18.8 Å². The molecule has 1 aliphatic carbocycles. The van der Waals surface area contributed by atoms with Crippen LogP contribution in [0.1, 0.15) is 32.1 Å². The lowest BCUT2D eigenvalue weighted by atomic mass is 9.89. The summed E-state index contributed by atoms with van der Waals surface area (Å²) >= 11 is 0. The molecule has 4 nitrogen and oxygen atoms in total. The molecule has 4 heteroatoms. The quantitative estimate of drug-likeness (QED) is 0.598. The molecule has 4 N–H and O–H groups in total. The lowest BCUT2D eigenvalue weighted by Crippen LogP contribution is -2.41. The molecule has 0 radical (unpaired) electrons. The Labute approximate surface area is 84.9 Å². The normalized spacial score (nSPS) is 20.4. The van der Waals surface area contributed by atoms with Crippen molar-refractivity contribution < 1.29 is 9.90 Å². The highest BCUT2D eigenvalue weighted by Gasteiger charge is 2.16. The van der Waals surface area contributed by atoms with Crippen LogP contribution in [0, 0.1) is 5.92 Å². The largest absolute Gasteiger partial charge is 0.382 e. The topological polar surface area (TPSA) is 75.3 Å². The van der Waals surface area contributed by atoms with Crippen LogP contribution in [-0.2, 0) is 4.79 Å². The summed E-state index contributed by atoms with van der Waals surface area (Å²) in [7, 11) is 0. The van der Waals surface area contributed by atoms with Crippen LogP contribution < -0.4 is 11.1 Å². The van der Waals surface area contributed by atoms with Gasteiger partial charge in [0.1, 0.15) is 6.10 Å². The van der Waals surface area contributed by atoms with Gasteiger partial charge in [0.15, 0.2) is 0 Å². The standard InChI is InChI=1S/C10H20N2O2/c11-6-9(13)10(14)12-7-8-4-2-1-3-5-8/h8-9,13H,1-7,11H2,(H,12,14). The van der Waals surface area contributed by atoms with Gasteiger partial charge in [0.25, 0.3) is 0 Å². The summed E-state index contributed by atoms with van der Waals surface area (Å²) in [4.78, 5) is 11.2. The van der Waals surface area contributed by atoms with Crippen molar-refractivity contribution in [1.82, 2.24) is 5.32 Å². The second-order valence-corrected chi connectivity index (χ2v) is 4.00. The molecule has 0 aliphatic heterocycles. The first-order valence-corrected chi connectivity index (χ1v) is 5.40. The number of nitrogens with two attached hydrogens (primary N) is 1. The molecular weight excluding hydrogens is 180 g/mol. The third-order valence-electron chi connectivity index (χ3n) is 2.82. The van der Waals surface area contributed by atoms with Gasteiger partial charge in [-0.15, -0.1) is 0 Å². The average Bonchev–Trinajstić information content (AvgIpc) is 2.26. The second-order valence-electron chi connectivity index (χ2n) is 4.00. The van der Waals surface area contributed by atoms with Crippen molar-refractivity contribution in [3.63, 3.8) is 0 Å². The maximum absolute atomic E-state index is 11.2. The number of hydrogen-bond acceptors (Lipinski definition) is 3. The molecule has 0 aromatic heterocycles.